The molecule has 0 saturated carbocycles. The van der Waals surface area contributed by atoms with E-state index in [4.69, 9.17) is 10.5 Å². The second kappa shape index (κ2) is 4.53. The number of ether oxygens (including phenoxy) is 1. The molecule has 0 bridgehead atoms. The zero-order chi connectivity index (χ0) is 13.2. The third kappa shape index (κ3) is 2.18. The minimum absolute atomic E-state index is 0.416. The van der Waals surface area contributed by atoms with E-state index in [1.807, 2.05) is 37.3 Å². The van der Waals surface area contributed by atoms with Crippen molar-refractivity contribution < 1.29 is 4.74 Å². The summed E-state index contributed by atoms with van der Waals surface area (Å²) in [5, 5.41) is 1.01. The fourth-order valence-electron chi connectivity index (χ4n) is 1.77. The third-order valence-corrected chi connectivity index (χ3v) is 2.86. The maximum Gasteiger partial charge on any atom is 0.227 e. The Kier molecular flexibility index (Phi) is 2.72. The smallest absolute Gasteiger partial charge is 0.227 e. The Labute approximate surface area is 110 Å². The number of hydrogen-bond acceptors (Lipinski definition) is 5. The van der Waals surface area contributed by atoms with Crippen LogP contribution in [0.25, 0.3) is 10.9 Å². The summed E-state index contributed by atoms with van der Waals surface area (Å²) >= 11 is 0. The van der Waals surface area contributed by atoms with Crippen LogP contribution in [0.3, 0.4) is 0 Å². The van der Waals surface area contributed by atoms with Crippen LogP contribution < -0.4 is 10.5 Å². The first kappa shape index (κ1) is 11.4. The van der Waals surface area contributed by atoms with Crippen molar-refractivity contribution in [2.24, 2.45) is 0 Å². The molecule has 0 aliphatic heterocycles. The highest BCUT2D eigenvalue weighted by Crippen LogP contribution is 2.26. The van der Waals surface area contributed by atoms with Gasteiger partial charge in [-0.1, -0.05) is 18.2 Å². The van der Waals surface area contributed by atoms with Gasteiger partial charge in [0.05, 0.1) is 17.3 Å². The molecule has 0 aliphatic rings. The summed E-state index contributed by atoms with van der Waals surface area (Å²) in [5.74, 6) is 1.49. The van der Waals surface area contributed by atoms with Crippen molar-refractivity contribution in [3.8, 4) is 11.6 Å². The van der Waals surface area contributed by atoms with Crippen LogP contribution in [0.1, 0.15) is 5.56 Å². The van der Waals surface area contributed by atoms with Crippen LogP contribution in [0.15, 0.2) is 42.9 Å². The van der Waals surface area contributed by atoms with E-state index in [2.05, 4.69) is 15.0 Å². The van der Waals surface area contributed by atoms with Crippen LogP contribution >= 0.6 is 0 Å². The molecular formula is C14H12N4O. The molecule has 0 aliphatic carbocycles. The summed E-state index contributed by atoms with van der Waals surface area (Å²) < 4.78 is 5.70. The lowest BCUT2D eigenvalue weighted by Crippen LogP contribution is -1.99. The third-order valence-electron chi connectivity index (χ3n) is 2.86. The molecule has 3 rings (SSSR count). The number of para-hydroxylation sites is 1. The molecular weight excluding hydrogens is 240 g/mol. The molecule has 0 saturated heterocycles. The molecule has 0 spiro atoms. The first-order valence-electron chi connectivity index (χ1n) is 5.84. The predicted molar refractivity (Wildman–Crippen MR) is 73.0 cm³/mol. The zero-order valence-corrected chi connectivity index (χ0v) is 10.4. The van der Waals surface area contributed by atoms with Gasteiger partial charge in [0.25, 0.3) is 0 Å². The van der Waals surface area contributed by atoms with Crippen LogP contribution in [0, 0.1) is 6.92 Å². The minimum Gasteiger partial charge on any atom is -0.437 e. The van der Waals surface area contributed by atoms with Crippen LogP contribution in [-0.2, 0) is 0 Å². The molecule has 0 amide bonds. The number of anilines is 1. The maximum atomic E-state index is 5.72. The number of aromatic nitrogens is 3. The summed E-state index contributed by atoms with van der Waals surface area (Å²) in [5.41, 5.74) is 7.36. The highest BCUT2D eigenvalue weighted by molar-refractivity contribution is 5.79. The molecule has 1 aromatic carbocycles. The molecule has 5 heteroatoms. The fourth-order valence-corrected chi connectivity index (χ4v) is 1.77. The molecule has 3 aromatic rings. The second-order valence-corrected chi connectivity index (χ2v) is 4.15. The van der Waals surface area contributed by atoms with Crippen molar-refractivity contribution in [1.82, 2.24) is 15.0 Å². The number of rotatable bonds is 2. The molecule has 2 aromatic heterocycles. The molecule has 2 heterocycles. The molecule has 94 valence electrons. The number of nitrogen functional groups attached to an aromatic ring is 1. The number of nitrogens with zero attached hydrogens (tertiary/aromatic N) is 3. The lowest BCUT2D eigenvalue weighted by atomic mass is 10.2. The topological polar surface area (TPSA) is 73.9 Å². The van der Waals surface area contributed by atoms with Gasteiger partial charge in [-0.25, -0.2) is 9.97 Å². The quantitative estimate of drug-likeness (QED) is 0.759. The maximum absolute atomic E-state index is 5.72. The average Bonchev–Trinajstić information content (AvgIpc) is 2.44. The van der Waals surface area contributed by atoms with Gasteiger partial charge in [-0.2, -0.15) is 0 Å². The molecule has 0 unspecified atom stereocenters. The highest BCUT2D eigenvalue weighted by atomic mass is 16.5. The van der Waals surface area contributed by atoms with Crippen molar-refractivity contribution in [3.63, 3.8) is 0 Å². The van der Waals surface area contributed by atoms with Gasteiger partial charge >= 0.3 is 0 Å². The van der Waals surface area contributed by atoms with Crippen molar-refractivity contribution in [2.75, 3.05) is 5.73 Å². The van der Waals surface area contributed by atoms with E-state index in [1.165, 1.54) is 6.33 Å². The van der Waals surface area contributed by atoms with Crippen LogP contribution in [-0.4, -0.2) is 15.0 Å². The van der Waals surface area contributed by atoms with E-state index in [0.29, 0.717) is 17.4 Å². The van der Waals surface area contributed by atoms with E-state index >= 15 is 0 Å². The summed E-state index contributed by atoms with van der Waals surface area (Å²) in [6.07, 6.45) is 3.05. The SMILES string of the molecule is Cc1c(N)ncnc1Oc1cnc2ccccc2c1. The van der Waals surface area contributed by atoms with Gasteiger partial charge in [-0.05, 0) is 19.1 Å². The van der Waals surface area contributed by atoms with E-state index in [-0.39, 0.29) is 0 Å². The van der Waals surface area contributed by atoms with E-state index in [0.717, 1.165) is 16.5 Å². The number of fused-ring (bicyclic) bond motifs is 1. The van der Waals surface area contributed by atoms with Crippen LogP contribution in [0.2, 0.25) is 0 Å². The Morgan fingerprint density at radius 1 is 1.11 bits per heavy atom. The molecule has 0 fully saturated rings. The Morgan fingerprint density at radius 3 is 2.84 bits per heavy atom. The molecule has 0 radical (unpaired) electrons. The zero-order valence-electron chi connectivity index (χ0n) is 10.4. The summed E-state index contributed by atoms with van der Waals surface area (Å²) in [7, 11) is 0. The fraction of sp³-hybridized carbons (Fsp3) is 0.0714. The Morgan fingerprint density at radius 2 is 1.95 bits per heavy atom. The lowest BCUT2D eigenvalue weighted by Gasteiger charge is -2.08. The summed E-state index contributed by atoms with van der Waals surface area (Å²) in [4.78, 5) is 12.3. The van der Waals surface area contributed by atoms with E-state index in [1.54, 1.807) is 6.20 Å². The molecule has 2 N–H and O–H groups in total. The number of hydrogen-bond donors (Lipinski definition) is 1. The Hall–Kier alpha value is -2.69. The molecule has 19 heavy (non-hydrogen) atoms. The minimum atomic E-state index is 0.416. The van der Waals surface area contributed by atoms with Crippen molar-refractivity contribution in [1.29, 1.82) is 0 Å². The van der Waals surface area contributed by atoms with Gasteiger partial charge in [-0.15, -0.1) is 0 Å². The standard InChI is InChI=1S/C14H12N4O/c1-9-13(15)17-8-18-14(9)19-11-6-10-4-2-3-5-12(10)16-7-11/h2-8H,1H3,(H2,15,17,18). The second-order valence-electron chi connectivity index (χ2n) is 4.15. The highest BCUT2D eigenvalue weighted by Gasteiger charge is 2.07. The van der Waals surface area contributed by atoms with Gasteiger partial charge in [0.1, 0.15) is 17.9 Å². The monoisotopic (exact) mass is 252 g/mol. The van der Waals surface area contributed by atoms with Crippen molar-refractivity contribution >= 4 is 16.7 Å². The number of nitrogens with two attached hydrogens (primary N) is 1. The Balaban J connectivity index is 1.99. The largest absolute Gasteiger partial charge is 0.437 e. The van der Waals surface area contributed by atoms with Gasteiger partial charge < -0.3 is 10.5 Å². The van der Waals surface area contributed by atoms with Crippen molar-refractivity contribution in [3.05, 3.63) is 48.4 Å². The first-order valence-corrected chi connectivity index (χ1v) is 5.84. The van der Waals surface area contributed by atoms with Crippen LogP contribution in [0.4, 0.5) is 5.82 Å². The lowest BCUT2D eigenvalue weighted by molar-refractivity contribution is 0.457. The Bertz CT molecular complexity index is 742. The average molecular weight is 252 g/mol. The number of benzene rings is 1. The van der Waals surface area contributed by atoms with E-state index < -0.39 is 0 Å². The van der Waals surface area contributed by atoms with Gasteiger partial charge in [0, 0.05) is 5.39 Å². The summed E-state index contributed by atoms with van der Waals surface area (Å²) in [6.45, 7) is 1.82. The van der Waals surface area contributed by atoms with Crippen molar-refractivity contribution in [2.45, 2.75) is 6.92 Å². The van der Waals surface area contributed by atoms with Gasteiger partial charge in [0.15, 0.2) is 0 Å². The predicted octanol–water partition coefficient (Wildman–Crippen LogP) is 2.71. The molecule has 0 atom stereocenters. The van der Waals surface area contributed by atoms with Gasteiger partial charge in [-0.3, -0.25) is 4.98 Å². The summed E-state index contributed by atoms with van der Waals surface area (Å²) in [6, 6.07) is 9.76. The molecule has 5 nitrogen and oxygen atoms in total. The van der Waals surface area contributed by atoms with Gasteiger partial charge in [0.2, 0.25) is 5.88 Å². The van der Waals surface area contributed by atoms with E-state index in [9.17, 15) is 0 Å². The first-order chi connectivity index (χ1) is 9.24. The van der Waals surface area contributed by atoms with Crippen LogP contribution in [0.5, 0.6) is 11.6 Å². The number of pyridine rings is 1. The normalized spacial score (nSPS) is 10.6.